The molecule has 0 saturated carbocycles. The van der Waals surface area contributed by atoms with Crippen LogP contribution >= 0.6 is 0 Å². The van der Waals surface area contributed by atoms with Crippen LogP contribution in [0, 0.1) is 0 Å². The predicted octanol–water partition coefficient (Wildman–Crippen LogP) is 2.14. The van der Waals surface area contributed by atoms with Crippen LogP contribution in [0.2, 0.25) is 0 Å². The fraction of sp³-hybridized carbons (Fsp3) is 0.600. The first-order valence-corrected chi connectivity index (χ1v) is 6.73. The number of ether oxygens (including phenoxy) is 1. The Labute approximate surface area is 111 Å². The highest BCUT2D eigenvalue weighted by atomic mass is 16.5. The van der Waals surface area contributed by atoms with E-state index in [4.69, 9.17) is 4.74 Å². The summed E-state index contributed by atoms with van der Waals surface area (Å²) in [5, 5.41) is 6.73. The number of benzene rings is 1. The Kier molecular flexibility index (Phi) is 7.65. The SMILES string of the molecule is COCCNCCNCc1ccc(C(C)C)cc1. The second-order valence-corrected chi connectivity index (χ2v) is 4.82. The zero-order chi connectivity index (χ0) is 13.2. The molecule has 0 heterocycles. The van der Waals surface area contributed by atoms with Crippen molar-refractivity contribution in [2.24, 2.45) is 0 Å². The molecule has 18 heavy (non-hydrogen) atoms. The summed E-state index contributed by atoms with van der Waals surface area (Å²) in [4.78, 5) is 0. The molecule has 0 saturated heterocycles. The summed E-state index contributed by atoms with van der Waals surface area (Å²) in [7, 11) is 1.72. The maximum atomic E-state index is 4.97. The molecule has 0 atom stereocenters. The van der Waals surface area contributed by atoms with Gasteiger partial charge in [0.15, 0.2) is 0 Å². The Hall–Kier alpha value is -0.900. The first kappa shape index (κ1) is 15.2. The fourth-order valence-corrected chi connectivity index (χ4v) is 1.73. The second kappa shape index (κ2) is 9.09. The van der Waals surface area contributed by atoms with Gasteiger partial charge in [0.1, 0.15) is 0 Å². The molecular weight excluding hydrogens is 224 g/mol. The van der Waals surface area contributed by atoms with Gasteiger partial charge in [0.2, 0.25) is 0 Å². The Bertz CT molecular complexity index is 309. The van der Waals surface area contributed by atoms with Gasteiger partial charge in [0.05, 0.1) is 6.61 Å². The van der Waals surface area contributed by atoms with Gasteiger partial charge in [0.25, 0.3) is 0 Å². The molecule has 1 aromatic rings. The molecule has 3 nitrogen and oxygen atoms in total. The van der Waals surface area contributed by atoms with Crippen molar-refractivity contribution in [1.29, 1.82) is 0 Å². The van der Waals surface area contributed by atoms with Crippen LogP contribution < -0.4 is 10.6 Å². The lowest BCUT2D eigenvalue weighted by Crippen LogP contribution is -2.29. The Balaban J connectivity index is 2.12. The standard InChI is InChI=1S/C15H26N2O/c1-13(2)15-6-4-14(5-7-15)12-17-9-8-16-10-11-18-3/h4-7,13,16-17H,8-12H2,1-3H3. The summed E-state index contributed by atoms with van der Waals surface area (Å²) in [5.74, 6) is 0.608. The van der Waals surface area contributed by atoms with Crippen LogP contribution in [0.4, 0.5) is 0 Å². The quantitative estimate of drug-likeness (QED) is 0.659. The molecule has 0 aliphatic heterocycles. The van der Waals surface area contributed by atoms with Gasteiger partial charge in [-0.2, -0.15) is 0 Å². The number of nitrogens with one attached hydrogen (secondary N) is 2. The third kappa shape index (κ3) is 6.15. The minimum Gasteiger partial charge on any atom is -0.383 e. The molecule has 1 rings (SSSR count). The molecule has 1 aromatic carbocycles. The monoisotopic (exact) mass is 250 g/mol. The smallest absolute Gasteiger partial charge is 0.0587 e. The Morgan fingerprint density at radius 3 is 2.28 bits per heavy atom. The molecular formula is C15H26N2O. The van der Waals surface area contributed by atoms with Gasteiger partial charge in [0, 0.05) is 33.3 Å². The number of methoxy groups -OCH3 is 1. The lowest BCUT2D eigenvalue weighted by Gasteiger charge is -2.08. The molecule has 0 aliphatic carbocycles. The van der Waals surface area contributed by atoms with Crippen LogP contribution in [0.1, 0.15) is 30.9 Å². The van der Waals surface area contributed by atoms with Gasteiger partial charge >= 0.3 is 0 Å². The van der Waals surface area contributed by atoms with E-state index in [2.05, 4.69) is 48.7 Å². The predicted molar refractivity (Wildman–Crippen MR) is 77.0 cm³/mol. The number of hydrogen-bond acceptors (Lipinski definition) is 3. The van der Waals surface area contributed by atoms with Gasteiger partial charge in [-0.05, 0) is 17.0 Å². The van der Waals surface area contributed by atoms with E-state index >= 15 is 0 Å². The van der Waals surface area contributed by atoms with Crippen LogP contribution in [-0.2, 0) is 11.3 Å². The molecule has 0 spiro atoms. The van der Waals surface area contributed by atoms with E-state index in [0.717, 1.165) is 32.8 Å². The van der Waals surface area contributed by atoms with Gasteiger partial charge in [-0.15, -0.1) is 0 Å². The molecule has 0 fully saturated rings. The van der Waals surface area contributed by atoms with Crippen LogP contribution in [0.25, 0.3) is 0 Å². The topological polar surface area (TPSA) is 33.3 Å². The molecule has 102 valence electrons. The van der Waals surface area contributed by atoms with Gasteiger partial charge in [-0.25, -0.2) is 0 Å². The van der Waals surface area contributed by atoms with Crippen molar-refractivity contribution >= 4 is 0 Å². The summed E-state index contributed by atoms with van der Waals surface area (Å²) < 4.78 is 4.97. The van der Waals surface area contributed by atoms with Crippen molar-refractivity contribution in [3.8, 4) is 0 Å². The van der Waals surface area contributed by atoms with E-state index in [0.29, 0.717) is 5.92 Å². The lowest BCUT2D eigenvalue weighted by atomic mass is 10.0. The fourth-order valence-electron chi connectivity index (χ4n) is 1.73. The Morgan fingerprint density at radius 2 is 1.67 bits per heavy atom. The van der Waals surface area contributed by atoms with Crippen LogP contribution in [0.3, 0.4) is 0 Å². The number of rotatable bonds is 9. The molecule has 0 bridgehead atoms. The van der Waals surface area contributed by atoms with Gasteiger partial charge in [-0.3, -0.25) is 0 Å². The molecule has 0 aliphatic rings. The molecule has 0 radical (unpaired) electrons. The summed E-state index contributed by atoms with van der Waals surface area (Å²) >= 11 is 0. The maximum Gasteiger partial charge on any atom is 0.0587 e. The highest BCUT2D eigenvalue weighted by molar-refractivity contribution is 5.24. The molecule has 0 aromatic heterocycles. The second-order valence-electron chi connectivity index (χ2n) is 4.82. The van der Waals surface area contributed by atoms with E-state index in [1.54, 1.807) is 7.11 Å². The summed E-state index contributed by atoms with van der Waals surface area (Å²) in [6, 6.07) is 8.86. The first-order chi connectivity index (χ1) is 8.74. The molecule has 2 N–H and O–H groups in total. The minimum atomic E-state index is 0.608. The van der Waals surface area contributed by atoms with Crippen molar-refractivity contribution in [2.45, 2.75) is 26.3 Å². The molecule has 0 unspecified atom stereocenters. The summed E-state index contributed by atoms with van der Waals surface area (Å²) in [6.07, 6.45) is 0. The van der Waals surface area contributed by atoms with Crippen LogP contribution in [0.15, 0.2) is 24.3 Å². The van der Waals surface area contributed by atoms with E-state index in [9.17, 15) is 0 Å². The van der Waals surface area contributed by atoms with Crippen LogP contribution in [0.5, 0.6) is 0 Å². The van der Waals surface area contributed by atoms with E-state index in [1.807, 2.05) is 0 Å². The van der Waals surface area contributed by atoms with Gasteiger partial charge < -0.3 is 15.4 Å². The summed E-state index contributed by atoms with van der Waals surface area (Å²) in [6.45, 7) is 9.03. The average molecular weight is 250 g/mol. The largest absolute Gasteiger partial charge is 0.383 e. The van der Waals surface area contributed by atoms with E-state index in [-0.39, 0.29) is 0 Å². The maximum absolute atomic E-state index is 4.97. The van der Waals surface area contributed by atoms with Crippen molar-refractivity contribution in [1.82, 2.24) is 10.6 Å². The van der Waals surface area contributed by atoms with Crippen molar-refractivity contribution < 1.29 is 4.74 Å². The van der Waals surface area contributed by atoms with Crippen molar-refractivity contribution in [2.75, 3.05) is 33.4 Å². The molecule has 0 amide bonds. The normalized spacial score (nSPS) is 11.1. The minimum absolute atomic E-state index is 0.608. The summed E-state index contributed by atoms with van der Waals surface area (Å²) in [5.41, 5.74) is 2.75. The third-order valence-electron chi connectivity index (χ3n) is 2.94. The first-order valence-electron chi connectivity index (χ1n) is 6.73. The lowest BCUT2D eigenvalue weighted by molar-refractivity contribution is 0.199. The van der Waals surface area contributed by atoms with Gasteiger partial charge in [-0.1, -0.05) is 38.1 Å². The van der Waals surface area contributed by atoms with E-state index in [1.165, 1.54) is 11.1 Å². The highest BCUT2D eigenvalue weighted by Gasteiger charge is 1.98. The zero-order valence-electron chi connectivity index (χ0n) is 11.8. The molecule has 3 heteroatoms. The van der Waals surface area contributed by atoms with E-state index < -0.39 is 0 Å². The third-order valence-corrected chi connectivity index (χ3v) is 2.94. The average Bonchev–Trinajstić information content (AvgIpc) is 2.38. The Morgan fingerprint density at radius 1 is 1.00 bits per heavy atom. The van der Waals surface area contributed by atoms with Crippen LogP contribution in [-0.4, -0.2) is 33.4 Å². The zero-order valence-corrected chi connectivity index (χ0v) is 11.8. The number of hydrogen-bond donors (Lipinski definition) is 2. The highest BCUT2D eigenvalue weighted by Crippen LogP contribution is 2.14. The van der Waals surface area contributed by atoms with Crippen molar-refractivity contribution in [3.63, 3.8) is 0 Å². The van der Waals surface area contributed by atoms with Crippen molar-refractivity contribution in [3.05, 3.63) is 35.4 Å².